The summed E-state index contributed by atoms with van der Waals surface area (Å²) in [5.74, 6) is 5.14. The van der Waals surface area contributed by atoms with Crippen molar-refractivity contribution in [3.63, 3.8) is 0 Å². The molecule has 88 valence electrons. The van der Waals surface area contributed by atoms with E-state index in [-0.39, 0.29) is 5.75 Å². The molecule has 0 atom stereocenters. The van der Waals surface area contributed by atoms with Crippen molar-refractivity contribution in [1.29, 1.82) is 0 Å². The van der Waals surface area contributed by atoms with Gasteiger partial charge < -0.3 is 18.8 Å². The lowest BCUT2D eigenvalue weighted by Crippen LogP contribution is -2.04. The lowest BCUT2D eigenvalue weighted by atomic mass is 10.0. The SMILES string of the molecule is NOCCc1c2ccoc2c(O)c2ccoc12. The quantitative estimate of drug-likeness (QED) is 0.678. The molecule has 0 amide bonds. The summed E-state index contributed by atoms with van der Waals surface area (Å²) in [5, 5.41) is 11.5. The molecule has 0 unspecified atom stereocenters. The minimum absolute atomic E-state index is 0.103. The van der Waals surface area contributed by atoms with E-state index in [0.29, 0.717) is 29.6 Å². The second-order valence-electron chi connectivity index (χ2n) is 3.77. The number of phenolic OH excluding ortho intramolecular Hbond substituents is 1. The van der Waals surface area contributed by atoms with E-state index in [1.807, 2.05) is 0 Å². The van der Waals surface area contributed by atoms with Gasteiger partial charge in [-0.3, -0.25) is 0 Å². The van der Waals surface area contributed by atoms with Gasteiger partial charge in [-0.2, -0.15) is 0 Å². The maximum Gasteiger partial charge on any atom is 0.176 e. The first kappa shape index (κ1) is 10.2. The van der Waals surface area contributed by atoms with E-state index in [4.69, 9.17) is 14.7 Å². The molecule has 3 aromatic rings. The van der Waals surface area contributed by atoms with E-state index in [2.05, 4.69) is 4.84 Å². The average molecular weight is 233 g/mol. The van der Waals surface area contributed by atoms with Crippen LogP contribution in [0.3, 0.4) is 0 Å². The van der Waals surface area contributed by atoms with Crippen LogP contribution in [0.15, 0.2) is 33.5 Å². The number of hydrogen-bond acceptors (Lipinski definition) is 5. The van der Waals surface area contributed by atoms with Crippen molar-refractivity contribution >= 4 is 21.9 Å². The van der Waals surface area contributed by atoms with Crippen LogP contribution in [0.25, 0.3) is 21.9 Å². The van der Waals surface area contributed by atoms with Crippen LogP contribution in [0.2, 0.25) is 0 Å². The highest BCUT2D eigenvalue weighted by atomic mass is 16.6. The van der Waals surface area contributed by atoms with Crippen LogP contribution in [0.4, 0.5) is 0 Å². The fraction of sp³-hybridized carbons (Fsp3) is 0.167. The molecule has 2 aromatic heterocycles. The minimum Gasteiger partial charge on any atom is -0.504 e. The maximum absolute atomic E-state index is 10.0. The third kappa shape index (κ3) is 1.40. The van der Waals surface area contributed by atoms with Gasteiger partial charge >= 0.3 is 0 Å². The van der Waals surface area contributed by atoms with E-state index in [1.165, 1.54) is 12.5 Å². The first-order chi connectivity index (χ1) is 8.33. The van der Waals surface area contributed by atoms with Crippen molar-refractivity contribution in [3.05, 3.63) is 30.2 Å². The highest BCUT2D eigenvalue weighted by molar-refractivity contribution is 6.03. The number of benzene rings is 1. The molecule has 0 aliphatic rings. The molecule has 0 saturated heterocycles. The van der Waals surface area contributed by atoms with Crippen LogP contribution in [-0.2, 0) is 11.3 Å². The van der Waals surface area contributed by atoms with Gasteiger partial charge in [0.1, 0.15) is 5.58 Å². The van der Waals surface area contributed by atoms with E-state index < -0.39 is 0 Å². The highest BCUT2D eigenvalue weighted by Gasteiger charge is 2.17. The lowest BCUT2D eigenvalue weighted by molar-refractivity contribution is 0.141. The molecule has 0 spiro atoms. The van der Waals surface area contributed by atoms with Crippen molar-refractivity contribution in [1.82, 2.24) is 0 Å². The van der Waals surface area contributed by atoms with Gasteiger partial charge in [0.05, 0.1) is 24.5 Å². The molecule has 0 aliphatic heterocycles. The van der Waals surface area contributed by atoms with Crippen molar-refractivity contribution in [2.45, 2.75) is 6.42 Å². The smallest absolute Gasteiger partial charge is 0.176 e. The molecule has 2 heterocycles. The van der Waals surface area contributed by atoms with Gasteiger partial charge in [-0.25, -0.2) is 5.90 Å². The number of hydrogen-bond donors (Lipinski definition) is 2. The Morgan fingerprint density at radius 1 is 1.12 bits per heavy atom. The predicted octanol–water partition coefficient (Wildman–Crippen LogP) is 2.32. The largest absolute Gasteiger partial charge is 0.504 e. The molecule has 3 N–H and O–H groups in total. The Labute approximate surface area is 96.3 Å². The fourth-order valence-corrected chi connectivity index (χ4v) is 2.11. The number of fused-ring (bicyclic) bond motifs is 2. The van der Waals surface area contributed by atoms with Crippen molar-refractivity contribution in [2.75, 3.05) is 6.61 Å². The maximum atomic E-state index is 10.0. The van der Waals surface area contributed by atoms with E-state index in [9.17, 15) is 5.11 Å². The first-order valence-electron chi connectivity index (χ1n) is 5.23. The molecule has 1 aromatic carbocycles. The molecule has 0 saturated carbocycles. The summed E-state index contributed by atoms with van der Waals surface area (Å²) < 4.78 is 10.7. The van der Waals surface area contributed by atoms with Crippen LogP contribution in [-0.4, -0.2) is 11.7 Å². The normalized spacial score (nSPS) is 11.6. The number of phenols is 1. The van der Waals surface area contributed by atoms with Crippen molar-refractivity contribution in [3.8, 4) is 5.75 Å². The highest BCUT2D eigenvalue weighted by Crippen LogP contribution is 2.38. The average Bonchev–Trinajstić information content (AvgIpc) is 2.97. The fourth-order valence-electron chi connectivity index (χ4n) is 2.11. The summed E-state index contributed by atoms with van der Waals surface area (Å²) >= 11 is 0. The predicted molar refractivity (Wildman–Crippen MR) is 61.5 cm³/mol. The Bertz CT molecular complexity index is 616. The van der Waals surface area contributed by atoms with Gasteiger partial charge in [-0.05, 0) is 12.1 Å². The van der Waals surface area contributed by atoms with Gasteiger partial charge in [-0.1, -0.05) is 0 Å². The summed E-state index contributed by atoms with van der Waals surface area (Å²) in [6.07, 6.45) is 3.67. The van der Waals surface area contributed by atoms with Crippen LogP contribution >= 0.6 is 0 Å². The molecule has 0 aliphatic carbocycles. The number of nitrogens with two attached hydrogens (primary N) is 1. The summed E-state index contributed by atoms with van der Waals surface area (Å²) in [4.78, 5) is 4.59. The Morgan fingerprint density at radius 2 is 1.82 bits per heavy atom. The Kier molecular flexibility index (Phi) is 2.28. The molecule has 5 nitrogen and oxygen atoms in total. The molecule has 0 bridgehead atoms. The molecule has 0 radical (unpaired) electrons. The van der Waals surface area contributed by atoms with Crippen LogP contribution in [0.5, 0.6) is 5.75 Å². The van der Waals surface area contributed by atoms with Crippen molar-refractivity contribution in [2.24, 2.45) is 5.90 Å². The Balaban J connectivity index is 2.35. The van der Waals surface area contributed by atoms with Gasteiger partial charge in [0.25, 0.3) is 0 Å². The zero-order chi connectivity index (χ0) is 11.8. The van der Waals surface area contributed by atoms with Crippen LogP contribution in [0, 0.1) is 0 Å². The Morgan fingerprint density at radius 3 is 2.59 bits per heavy atom. The Hall–Kier alpha value is -1.98. The van der Waals surface area contributed by atoms with Crippen molar-refractivity contribution < 1.29 is 18.8 Å². The van der Waals surface area contributed by atoms with Gasteiger partial charge in [0.2, 0.25) is 0 Å². The monoisotopic (exact) mass is 233 g/mol. The topological polar surface area (TPSA) is 81.8 Å². The molecular formula is C12H11NO4. The number of aromatic hydroxyl groups is 1. The molecule has 0 fully saturated rings. The second-order valence-corrected chi connectivity index (χ2v) is 3.77. The third-order valence-corrected chi connectivity index (χ3v) is 2.87. The van der Waals surface area contributed by atoms with E-state index in [1.54, 1.807) is 12.1 Å². The van der Waals surface area contributed by atoms with Gasteiger partial charge in [-0.15, -0.1) is 0 Å². The summed E-state index contributed by atoms with van der Waals surface area (Å²) in [5.41, 5.74) is 2.04. The zero-order valence-electron chi connectivity index (χ0n) is 8.97. The molecular weight excluding hydrogens is 222 g/mol. The summed E-state index contributed by atoms with van der Waals surface area (Å²) in [6, 6.07) is 3.50. The van der Waals surface area contributed by atoms with E-state index in [0.717, 1.165) is 10.9 Å². The number of furan rings is 2. The number of rotatable bonds is 3. The van der Waals surface area contributed by atoms with Crippen LogP contribution < -0.4 is 5.90 Å². The summed E-state index contributed by atoms with van der Waals surface area (Å²) in [6.45, 7) is 0.376. The first-order valence-corrected chi connectivity index (χ1v) is 5.23. The van der Waals surface area contributed by atoms with Crippen LogP contribution in [0.1, 0.15) is 5.56 Å². The van der Waals surface area contributed by atoms with Gasteiger partial charge in [0, 0.05) is 17.4 Å². The zero-order valence-corrected chi connectivity index (χ0v) is 8.97. The van der Waals surface area contributed by atoms with E-state index >= 15 is 0 Å². The minimum atomic E-state index is 0.103. The molecule has 17 heavy (non-hydrogen) atoms. The molecule has 5 heteroatoms. The second kappa shape index (κ2) is 3.80. The molecule has 3 rings (SSSR count). The van der Waals surface area contributed by atoms with Gasteiger partial charge in [0.15, 0.2) is 11.3 Å². The standard InChI is InChI=1S/C12H11NO4/c13-17-6-3-7-8-1-4-16-12(8)10(14)9-2-5-15-11(7)9/h1-2,4-5,14H,3,6,13H2. The lowest BCUT2D eigenvalue weighted by Gasteiger charge is -2.05. The third-order valence-electron chi connectivity index (χ3n) is 2.87. The summed E-state index contributed by atoms with van der Waals surface area (Å²) in [7, 11) is 0.